The molecule has 148 valence electrons. The van der Waals surface area contributed by atoms with Crippen molar-refractivity contribution in [3.05, 3.63) is 58.1 Å². The fourth-order valence-electron chi connectivity index (χ4n) is 3.38. The molecule has 0 heterocycles. The average molecular weight is 369 g/mol. The third kappa shape index (κ3) is 4.66. The molecule has 0 unspecified atom stereocenters. The van der Waals surface area contributed by atoms with Crippen LogP contribution in [0.5, 0.6) is 11.5 Å². The van der Waals surface area contributed by atoms with Gasteiger partial charge in [-0.15, -0.1) is 0 Å². The van der Waals surface area contributed by atoms with Crippen LogP contribution < -0.4 is 0 Å². The molecule has 0 radical (unpaired) electrons. The molecule has 0 aliphatic carbocycles. The van der Waals surface area contributed by atoms with E-state index in [1.54, 1.807) is 0 Å². The van der Waals surface area contributed by atoms with Crippen molar-refractivity contribution in [2.45, 2.75) is 85.0 Å². The fourth-order valence-corrected chi connectivity index (χ4v) is 3.38. The maximum Gasteiger partial charge on any atom is 0.122 e. The zero-order chi connectivity index (χ0) is 20.8. The SMILES string of the molecule is CC(C)(C)c1cc(Cc2cccc(C(C)(C)C)c2O)c(O)c(C(C)(C)C)c1. The molecule has 2 heteroatoms. The van der Waals surface area contributed by atoms with Crippen LogP contribution in [0, 0.1) is 0 Å². The predicted octanol–water partition coefficient (Wildman–Crippen LogP) is 6.58. The van der Waals surface area contributed by atoms with Crippen LogP contribution in [0.3, 0.4) is 0 Å². The van der Waals surface area contributed by atoms with E-state index in [1.807, 2.05) is 18.2 Å². The zero-order valence-electron chi connectivity index (χ0n) is 18.5. The Labute approximate surface area is 165 Å². The van der Waals surface area contributed by atoms with Gasteiger partial charge in [-0.3, -0.25) is 0 Å². The van der Waals surface area contributed by atoms with Crippen molar-refractivity contribution in [1.29, 1.82) is 0 Å². The Morgan fingerprint density at radius 1 is 0.630 bits per heavy atom. The lowest BCUT2D eigenvalue weighted by molar-refractivity contribution is 0.434. The molecule has 0 bridgehead atoms. The van der Waals surface area contributed by atoms with Gasteiger partial charge in [0.25, 0.3) is 0 Å². The van der Waals surface area contributed by atoms with Crippen LogP contribution >= 0.6 is 0 Å². The summed E-state index contributed by atoms with van der Waals surface area (Å²) < 4.78 is 0. The van der Waals surface area contributed by atoms with Crippen molar-refractivity contribution < 1.29 is 10.2 Å². The second kappa shape index (κ2) is 6.89. The molecule has 0 saturated carbocycles. The van der Waals surface area contributed by atoms with E-state index in [0.717, 1.165) is 22.3 Å². The fraction of sp³-hybridized carbons (Fsp3) is 0.520. The van der Waals surface area contributed by atoms with E-state index in [2.05, 4.69) is 74.4 Å². The zero-order valence-corrected chi connectivity index (χ0v) is 18.5. The lowest BCUT2D eigenvalue weighted by atomic mass is 9.78. The van der Waals surface area contributed by atoms with Gasteiger partial charge in [0.1, 0.15) is 11.5 Å². The van der Waals surface area contributed by atoms with E-state index in [1.165, 1.54) is 5.56 Å². The smallest absolute Gasteiger partial charge is 0.122 e. The molecular formula is C25H36O2. The number of rotatable bonds is 2. The maximum absolute atomic E-state index is 11.0. The molecule has 0 aromatic heterocycles. The molecule has 0 aliphatic heterocycles. The Morgan fingerprint density at radius 2 is 1.15 bits per heavy atom. The number of benzene rings is 2. The van der Waals surface area contributed by atoms with Crippen molar-refractivity contribution in [1.82, 2.24) is 0 Å². The Balaban J connectivity index is 2.64. The number of aromatic hydroxyl groups is 2. The second-order valence-corrected chi connectivity index (χ2v) is 10.8. The second-order valence-electron chi connectivity index (χ2n) is 10.8. The van der Waals surface area contributed by atoms with E-state index < -0.39 is 0 Å². The molecule has 0 atom stereocenters. The Hall–Kier alpha value is -1.96. The van der Waals surface area contributed by atoms with Gasteiger partial charge < -0.3 is 10.2 Å². The number of phenols is 2. The molecule has 0 aliphatic rings. The normalized spacial score (nSPS) is 13.1. The van der Waals surface area contributed by atoms with E-state index in [0.29, 0.717) is 17.9 Å². The van der Waals surface area contributed by atoms with Gasteiger partial charge in [-0.1, -0.05) is 92.6 Å². The summed E-state index contributed by atoms with van der Waals surface area (Å²) in [4.78, 5) is 0. The van der Waals surface area contributed by atoms with Crippen LogP contribution in [0.4, 0.5) is 0 Å². The van der Waals surface area contributed by atoms with E-state index in [9.17, 15) is 10.2 Å². The Bertz CT molecular complexity index is 825. The quantitative estimate of drug-likeness (QED) is 0.628. The minimum Gasteiger partial charge on any atom is -0.507 e. The highest BCUT2D eigenvalue weighted by atomic mass is 16.3. The van der Waals surface area contributed by atoms with Gasteiger partial charge in [-0.2, -0.15) is 0 Å². The van der Waals surface area contributed by atoms with E-state index >= 15 is 0 Å². The van der Waals surface area contributed by atoms with Gasteiger partial charge in [0.2, 0.25) is 0 Å². The highest BCUT2D eigenvalue weighted by molar-refractivity contribution is 5.53. The first-order valence-corrected chi connectivity index (χ1v) is 9.80. The monoisotopic (exact) mass is 368 g/mol. The first-order valence-electron chi connectivity index (χ1n) is 9.80. The Kier molecular flexibility index (Phi) is 5.45. The summed E-state index contributed by atoms with van der Waals surface area (Å²) in [6.45, 7) is 19.2. The number of para-hydroxylation sites is 1. The summed E-state index contributed by atoms with van der Waals surface area (Å²) in [7, 11) is 0. The van der Waals surface area contributed by atoms with Crippen LogP contribution in [0.1, 0.15) is 90.1 Å². The standard InChI is InChI=1S/C25H36O2/c1-23(2,3)18-14-17(22(27)20(15-18)25(7,8)9)13-16-11-10-12-19(21(16)26)24(4,5)6/h10-12,14-15,26-27H,13H2,1-9H3. The molecule has 27 heavy (non-hydrogen) atoms. The number of hydrogen-bond acceptors (Lipinski definition) is 2. The molecule has 2 nitrogen and oxygen atoms in total. The van der Waals surface area contributed by atoms with Gasteiger partial charge in [0.05, 0.1) is 0 Å². The van der Waals surface area contributed by atoms with Crippen molar-refractivity contribution in [2.24, 2.45) is 0 Å². The van der Waals surface area contributed by atoms with Crippen molar-refractivity contribution in [3.63, 3.8) is 0 Å². The summed E-state index contributed by atoms with van der Waals surface area (Å²) in [6, 6.07) is 10.1. The van der Waals surface area contributed by atoms with E-state index in [4.69, 9.17) is 0 Å². The largest absolute Gasteiger partial charge is 0.507 e. The molecule has 2 aromatic rings. The summed E-state index contributed by atoms with van der Waals surface area (Å²) in [5.41, 5.74) is 4.50. The first-order chi connectivity index (χ1) is 12.1. The summed E-state index contributed by atoms with van der Waals surface area (Å²) in [6.07, 6.45) is 0.509. The third-order valence-electron chi connectivity index (χ3n) is 5.17. The average Bonchev–Trinajstić information content (AvgIpc) is 2.47. The van der Waals surface area contributed by atoms with Crippen LogP contribution in [0.2, 0.25) is 0 Å². The molecule has 0 spiro atoms. The topological polar surface area (TPSA) is 40.5 Å². The number of phenolic OH excluding ortho intramolecular Hbond substituents is 2. The van der Waals surface area contributed by atoms with Crippen LogP contribution in [-0.4, -0.2) is 10.2 Å². The summed E-state index contributed by atoms with van der Waals surface area (Å²) in [5, 5.41) is 21.9. The van der Waals surface area contributed by atoms with Crippen molar-refractivity contribution >= 4 is 0 Å². The lowest BCUT2D eigenvalue weighted by Gasteiger charge is -2.28. The molecule has 0 fully saturated rings. The van der Waals surface area contributed by atoms with Gasteiger partial charge in [0.15, 0.2) is 0 Å². The van der Waals surface area contributed by atoms with Crippen molar-refractivity contribution in [2.75, 3.05) is 0 Å². The molecule has 2 aromatic carbocycles. The molecule has 2 rings (SSSR count). The minimum atomic E-state index is -0.157. The minimum absolute atomic E-state index is 0.0161. The number of hydrogen-bond donors (Lipinski definition) is 2. The highest BCUT2D eigenvalue weighted by Crippen LogP contribution is 2.40. The van der Waals surface area contributed by atoms with E-state index in [-0.39, 0.29) is 16.2 Å². The first kappa shape index (κ1) is 21.3. The van der Waals surface area contributed by atoms with Gasteiger partial charge >= 0.3 is 0 Å². The summed E-state index contributed by atoms with van der Waals surface area (Å²) >= 11 is 0. The predicted molar refractivity (Wildman–Crippen MR) is 115 cm³/mol. The summed E-state index contributed by atoms with van der Waals surface area (Å²) in [5.74, 6) is 0.680. The molecule has 2 N–H and O–H groups in total. The lowest BCUT2D eigenvalue weighted by Crippen LogP contribution is -2.17. The van der Waals surface area contributed by atoms with Gasteiger partial charge in [0, 0.05) is 6.42 Å². The van der Waals surface area contributed by atoms with Crippen LogP contribution in [-0.2, 0) is 22.7 Å². The van der Waals surface area contributed by atoms with Crippen LogP contribution in [0.25, 0.3) is 0 Å². The molecule has 0 amide bonds. The molecule has 0 saturated heterocycles. The van der Waals surface area contributed by atoms with Gasteiger partial charge in [-0.05, 0) is 44.1 Å². The van der Waals surface area contributed by atoms with Crippen molar-refractivity contribution in [3.8, 4) is 11.5 Å². The van der Waals surface area contributed by atoms with Crippen LogP contribution in [0.15, 0.2) is 30.3 Å². The maximum atomic E-state index is 11.0. The third-order valence-corrected chi connectivity index (χ3v) is 5.17. The Morgan fingerprint density at radius 3 is 1.63 bits per heavy atom. The highest BCUT2D eigenvalue weighted by Gasteiger charge is 2.26. The molecular weight excluding hydrogens is 332 g/mol. The van der Waals surface area contributed by atoms with Gasteiger partial charge in [-0.25, -0.2) is 0 Å².